The van der Waals surface area contributed by atoms with E-state index in [4.69, 9.17) is 4.74 Å². The lowest BCUT2D eigenvalue weighted by Crippen LogP contribution is -2.22. The molecule has 6 heteroatoms. The Bertz CT molecular complexity index is 725. The molecule has 124 valence electrons. The molecule has 0 aliphatic carbocycles. The predicted octanol–water partition coefficient (Wildman–Crippen LogP) is 2.74. The van der Waals surface area contributed by atoms with Gasteiger partial charge < -0.3 is 15.0 Å². The Balaban J connectivity index is 1.76. The maximum absolute atomic E-state index is 12.2. The molecule has 1 amide bonds. The maximum atomic E-state index is 12.2. The molecule has 0 radical (unpaired) electrons. The maximum Gasteiger partial charge on any atom is 0.318 e. The molecule has 2 heterocycles. The van der Waals surface area contributed by atoms with Crippen molar-refractivity contribution in [3.8, 4) is 6.01 Å². The molecule has 1 N–H and O–H groups in total. The number of amides is 1. The van der Waals surface area contributed by atoms with Crippen LogP contribution < -0.4 is 15.0 Å². The molecule has 1 aliphatic rings. The van der Waals surface area contributed by atoms with Gasteiger partial charge >= 0.3 is 6.01 Å². The zero-order chi connectivity index (χ0) is 16.8. The van der Waals surface area contributed by atoms with Crippen LogP contribution in [0.5, 0.6) is 6.01 Å². The van der Waals surface area contributed by atoms with Crippen molar-refractivity contribution in [1.82, 2.24) is 9.97 Å². The first-order valence-corrected chi connectivity index (χ1v) is 7.96. The standard InChI is InChI=1S/C18H20N4O2/c1-24-18-19-13-15(17(21-18)22-11-5-6-12-22)20-16(23)10-9-14-7-3-2-4-8-14/h2-4,7-10,13H,5-6,11-12H2,1H3,(H,20,23)/b10-9+. The highest BCUT2D eigenvalue weighted by atomic mass is 16.5. The predicted molar refractivity (Wildman–Crippen MR) is 94.1 cm³/mol. The highest BCUT2D eigenvalue weighted by molar-refractivity contribution is 6.03. The minimum atomic E-state index is -0.215. The molecule has 2 aromatic rings. The number of aromatic nitrogens is 2. The van der Waals surface area contributed by atoms with Crippen LogP contribution in [0.25, 0.3) is 6.08 Å². The molecule has 6 nitrogen and oxygen atoms in total. The van der Waals surface area contributed by atoms with Gasteiger partial charge in [0.1, 0.15) is 5.69 Å². The Morgan fingerprint density at radius 2 is 2.00 bits per heavy atom. The topological polar surface area (TPSA) is 67.3 Å². The fourth-order valence-corrected chi connectivity index (χ4v) is 2.62. The van der Waals surface area contributed by atoms with E-state index in [2.05, 4.69) is 20.2 Å². The van der Waals surface area contributed by atoms with Crippen LogP contribution in [0.4, 0.5) is 11.5 Å². The number of hydrogen-bond acceptors (Lipinski definition) is 5. The summed E-state index contributed by atoms with van der Waals surface area (Å²) in [5, 5.41) is 2.86. The molecule has 0 saturated carbocycles. The minimum Gasteiger partial charge on any atom is -0.467 e. The van der Waals surface area contributed by atoms with Crippen molar-refractivity contribution in [2.75, 3.05) is 30.4 Å². The largest absolute Gasteiger partial charge is 0.467 e. The number of benzene rings is 1. The van der Waals surface area contributed by atoms with Gasteiger partial charge in [-0.05, 0) is 24.5 Å². The lowest BCUT2D eigenvalue weighted by atomic mass is 10.2. The lowest BCUT2D eigenvalue weighted by molar-refractivity contribution is -0.111. The van der Waals surface area contributed by atoms with Crippen LogP contribution in [-0.2, 0) is 4.79 Å². The van der Waals surface area contributed by atoms with Gasteiger partial charge in [-0.2, -0.15) is 4.98 Å². The van der Waals surface area contributed by atoms with E-state index in [0.29, 0.717) is 17.5 Å². The van der Waals surface area contributed by atoms with Gasteiger partial charge in [0.25, 0.3) is 0 Å². The van der Waals surface area contributed by atoms with Crippen LogP contribution in [0.3, 0.4) is 0 Å². The van der Waals surface area contributed by atoms with Crippen LogP contribution in [0.15, 0.2) is 42.6 Å². The molecular formula is C18H20N4O2. The van der Waals surface area contributed by atoms with E-state index in [-0.39, 0.29) is 5.91 Å². The second-order valence-corrected chi connectivity index (χ2v) is 5.52. The Hall–Kier alpha value is -2.89. The van der Waals surface area contributed by atoms with Crippen molar-refractivity contribution in [2.24, 2.45) is 0 Å². The van der Waals surface area contributed by atoms with Crippen LogP contribution in [-0.4, -0.2) is 36.1 Å². The second kappa shape index (κ2) is 7.59. The summed E-state index contributed by atoms with van der Waals surface area (Å²) >= 11 is 0. The molecule has 0 unspecified atom stereocenters. The van der Waals surface area contributed by atoms with Gasteiger partial charge in [-0.1, -0.05) is 30.3 Å². The van der Waals surface area contributed by atoms with Crippen LogP contribution in [0.1, 0.15) is 18.4 Å². The molecule has 1 fully saturated rings. The number of anilines is 2. The molecule has 1 aliphatic heterocycles. The summed E-state index contributed by atoms with van der Waals surface area (Å²) in [4.78, 5) is 22.8. The number of carbonyl (C=O) groups is 1. The van der Waals surface area contributed by atoms with Crippen molar-refractivity contribution in [2.45, 2.75) is 12.8 Å². The molecule has 1 aromatic heterocycles. The van der Waals surface area contributed by atoms with Gasteiger partial charge in [-0.15, -0.1) is 0 Å². The highest BCUT2D eigenvalue weighted by Gasteiger charge is 2.19. The summed E-state index contributed by atoms with van der Waals surface area (Å²) in [6.07, 6.45) is 7.11. The van der Waals surface area contributed by atoms with Crippen LogP contribution in [0.2, 0.25) is 0 Å². The highest BCUT2D eigenvalue weighted by Crippen LogP contribution is 2.27. The Morgan fingerprint density at radius 3 is 2.71 bits per heavy atom. The zero-order valence-corrected chi connectivity index (χ0v) is 13.6. The van der Waals surface area contributed by atoms with Gasteiger partial charge in [0.15, 0.2) is 5.82 Å². The number of nitrogens with one attached hydrogen (secondary N) is 1. The van der Waals surface area contributed by atoms with Crippen molar-refractivity contribution >= 4 is 23.5 Å². The van der Waals surface area contributed by atoms with Crippen molar-refractivity contribution in [1.29, 1.82) is 0 Å². The van der Waals surface area contributed by atoms with E-state index in [9.17, 15) is 4.79 Å². The van der Waals surface area contributed by atoms with E-state index in [1.807, 2.05) is 30.3 Å². The second-order valence-electron chi connectivity index (χ2n) is 5.52. The van der Waals surface area contributed by atoms with Crippen LogP contribution in [0, 0.1) is 0 Å². The molecule has 1 aromatic carbocycles. The van der Waals surface area contributed by atoms with E-state index in [1.54, 1.807) is 12.3 Å². The third kappa shape index (κ3) is 3.90. The van der Waals surface area contributed by atoms with E-state index in [1.165, 1.54) is 13.2 Å². The molecule has 3 rings (SSSR count). The van der Waals surface area contributed by atoms with Gasteiger partial charge in [-0.3, -0.25) is 4.79 Å². The van der Waals surface area contributed by atoms with E-state index in [0.717, 1.165) is 31.5 Å². The number of rotatable bonds is 5. The molecule has 24 heavy (non-hydrogen) atoms. The first kappa shape index (κ1) is 16.0. The smallest absolute Gasteiger partial charge is 0.318 e. The monoisotopic (exact) mass is 324 g/mol. The fourth-order valence-electron chi connectivity index (χ4n) is 2.62. The summed E-state index contributed by atoms with van der Waals surface area (Å²) in [5.41, 5.74) is 1.57. The minimum absolute atomic E-state index is 0.215. The Morgan fingerprint density at radius 1 is 1.25 bits per heavy atom. The van der Waals surface area contributed by atoms with Gasteiger partial charge in [0.2, 0.25) is 5.91 Å². The fraction of sp³-hybridized carbons (Fsp3) is 0.278. The number of ether oxygens (including phenoxy) is 1. The van der Waals surface area contributed by atoms with Gasteiger partial charge in [-0.25, -0.2) is 4.98 Å². The average Bonchev–Trinajstić information content (AvgIpc) is 3.16. The number of hydrogen-bond donors (Lipinski definition) is 1. The normalized spacial score (nSPS) is 14.1. The van der Waals surface area contributed by atoms with Crippen molar-refractivity contribution in [3.05, 3.63) is 48.2 Å². The molecule has 0 atom stereocenters. The Labute approximate surface area is 141 Å². The van der Waals surface area contributed by atoms with Crippen LogP contribution >= 0.6 is 0 Å². The number of carbonyl (C=O) groups excluding carboxylic acids is 1. The third-order valence-electron chi connectivity index (χ3n) is 3.82. The van der Waals surface area contributed by atoms with Gasteiger partial charge in [0, 0.05) is 19.2 Å². The SMILES string of the molecule is COc1ncc(NC(=O)/C=C/c2ccccc2)c(N2CCCC2)n1. The molecule has 0 spiro atoms. The molecule has 0 bridgehead atoms. The number of methoxy groups -OCH3 is 1. The summed E-state index contributed by atoms with van der Waals surface area (Å²) in [6, 6.07) is 9.98. The van der Waals surface area contributed by atoms with Crippen molar-refractivity contribution in [3.63, 3.8) is 0 Å². The summed E-state index contributed by atoms with van der Waals surface area (Å²) in [5.74, 6) is 0.494. The first-order chi connectivity index (χ1) is 11.8. The van der Waals surface area contributed by atoms with Gasteiger partial charge in [0.05, 0.1) is 13.3 Å². The average molecular weight is 324 g/mol. The first-order valence-electron chi connectivity index (χ1n) is 7.96. The Kier molecular flexibility index (Phi) is 5.05. The quantitative estimate of drug-likeness (QED) is 0.857. The summed E-state index contributed by atoms with van der Waals surface area (Å²) < 4.78 is 5.10. The third-order valence-corrected chi connectivity index (χ3v) is 3.82. The van der Waals surface area contributed by atoms with Crippen molar-refractivity contribution < 1.29 is 9.53 Å². The summed E-state index contributed by atoms with van der Waals surface area (Å²) in [6.45, 7) is 1.84. The number of nitrogens with zero attached hydrogens (tertiary/aromatic N) is 3. The molecule has 1 saturated heterocycles. The van der Waals surface area contributed by atoms with E-state index >= 15 is 0 Å². The lowest BCUT2D eigenvalue weighted by Gasteiger charge is -2.19. The summed E-state index contributed by atoms with van der Waals surface area (Å²) in [7, 11) is 1.53. The molecular weight excluding hydrogens is 304 g/mol. The zero-order valence-electron chi connectivity index (χ0n) is 13.6. The van der Waals surface area contributed by atoms with E-state index < -0.39 is 0 Å².